The SMILES string of the molecule is O=C(CNC(=O)c1ccc(Br)o1)NCCc1ccc(OC(F)F)cc1. The lowest BCUT2D eigenvalue weighted by molar-refractivity contribution is -0.120. The molecule has 0 bridgehead atoms. The number of furan rings is 1. The van der Waals surface area contributed by atoms with Crippen molar-refractivity contribution in [2.75, 3.05) is 13.1 Å². The van der Waals surface area contributed by atoms with Crippen molar-refractivity contribution in [3.05, 3.63) is 52.4 Å². The standard InChI is InChI=1S/C16H15BrF2N2O4/c17-13-6-5-12(25-13)15(23)21-9-14(22)20-8-7-10-1-3-11(4-2-10)24-16(18)19/h1-6,16H,7-9H2,(H,20,22)(H,21,23). The van der Waals surface area contributed by atoms with Gasteiger partial charge >= 0.3 is 6.61 Å². The number of alkyl halides is 2. The molecule has 2 rings (SSSR count). The van der Waals surface area contributed by atoms with Crippen LogP contribution in [0.15, 0.2) is 45.5 Å². The van der Waals surface area contributed by atoms with Gasteiger partial charge in [-0.15, -0.1) is 0 Å². The molecule has 0 radical (unpaired) electrons. The summed E-state index contributed by atoms with van der Waals surface area (Å²) in [5.74, 6) is -0.659. The van der Waals surface area contributed by atoms with Crippen molar-refractivity contribution < 1.29 is 27.5 Å². The number of carbonyl (C=O) groups is 2. The van der Waals surface area contributed by atoms with Gasteiger partial charge in [-0.3, -0.25) is 9.59 Å². The summed E-state index contributed by atoms with van der Waals surface area (Å²) in [5, 5.41) is 5.08. The molecule has 0 spiro atoms. The minimum Gasteiger partial charge on any atom is -0.444 e. The number of ether oxygens (including phenoxy) is 1. The normalized spacial score (nSPS) is 10.6. The number of hydrogen-bond acceptors (Lipinski definition) is 4. The van der Waals surface area contributed by atoms with Gasteiger partial charge in [0.25, 0.3) is 5.91 Å². The molecule has 2 N–H and O–H groups in total. The largest absolute Gasteiger partial charge is 0.444 e. The Morgan fingerprint density at radius 3 is 2.44 bits per heavy atom. The third-order valence-electron chi connectivity index (χ3n) is 3.09. The molecule has 0 fully saturated rings. The van der Waals surface area contributed by atoms with E-state index < -0.39 is 12.5 Å². The number of benzene rings is 1. The van der Waals surface area contributed by atoms with Gasteiger partial charge in [0.05, 0.1) is 6.54 Å². The quantitative estimate of drug-likeness (QED) is 0.693. The van der Waals surface area contributed by atoms with E-state index in [1.807, 2.05) is 0 Å². The molecule has 6 nitrogen and oxygen atoms in total. The minimum absolute atomic E-state index is 0.0788. The van der Waals surface area contributed by atoms with Gasteiger partial charge in [0.2, 0.25) is 5.91 Å². The zero-order valence-electron chi connectivity index (χ0n) is 12.9. The third kappa shape index (κ3) is 6.54. The second kappa shape index (κ2) is 9.16. The number of amides is 2. The predicted octanol–water partition coefficient (Wildman–Crippen LogP) is 2.73. The maximum atomic E-state index is 12.0. The molecule has 2 amide bonds. The van der Waals surface area contributed by atoms with Crippen molar-refractivity contribution in [2.45, 2.75) is 13.0 Å². The first-order chi connectivity index (χ1) is 11.9. The van der Waals surface area contributed by atoms with Gasteiger partial charge in [-0.2, -0.15) is 8.78 Å². The fourth-order valence-electron chi connectivity index (χ4n) is 1.93. The first-order valence-electron chi connectivity index (χ1n) is 7.28. The van der Waals surface area contributed by atoms with Crippen LogP contribution < -0.4 is 15.4 Å². The van der Waals surface area contributed by atoms with Crippen molar-refractivity contribution >= 4 is 27.7 Å². The molecule has 0 aliphatic carbocycles. The predicted molar refractivity (Wildman–Crippen MR) is 88.5 cm³/mol. The van der Waals surface area contributed by atoms with Gasteiger partial charge in [-0.05, 0) is 52.2 Å². The van der Waals surface area contributed by atoms with Crippen LogP contribution in [0.5, 0.6) is 5.75 Å². The first-order valence-corrected chi connectivity index (χ1v) is 8.07. The van der Waals surface area contributed by atoms with Crippen molar-refractivity contribution in [3.8, 4) is 5.75 Å². The Morgan fingerprint density at radius 2 is 1.84 bits per heavy atom. The summed E-state index contributed by atoms with van der Waals surface area (Å²) >= 11 is 3.08. The van der Waals surface area contributed by atoms with E-state index in [0.29, 0.717) is 17.6 Å². The molecule has 0 saturated carbocycles. The zero-order chi connectivity index (χ0) is 18.2. The lowest BCUT2D eigenvalue weighted by Crippen LogP contribution is -2.37. The van der Waals surface area contributed by atoms with Crippen LogP contribution >= 0.6 is 15.9 Å². The Hall–Kier alpha value is -2.42. The number of hydrogen-bond donors (Lipinski definition) is 2. The van der Waals surface area contributed by atoms with Gasteiger partial charge < -0.3 is 19.8 Å². The Balaban J connectivity index is 1.67. The number of halogens is 3. The number of carbonyl (C=O) groups excluding carboxylic acids is 2. The molecule has 0 unspecified atom stereocenters. The molecule has 9 heteroatoms. The third-order valence-corrected chi connectivity index (χ3v) is 3.52. The topological polar surface area (TPSA) is 80.6 Å². The zero-order valence-corrected chi connectivity index (χ0v) is 14.5. The van der Waals surface area contributed by atoms with Gasteiger partial charge in [-0.1, -0.05) is 12.1 Å². The lowest BCUT2D eigenvalue weighted by Gasteiger charge is -2.07. The summed E-state index contributed by atoms with van der Waals surface area (Å²) in [5.41, 5.74) is 0.853. The van der Waals surface area contributed by atoms with Crippen molar-refractivity contribution in [1.29, 1.82) is 0 Å². The molecule has 134 valence electrons. The molecule has 0 saturated heterocycles. The molecule has 25 heavy (non-hydrogen) atoms. The van der Waals surface area contributed by atoms with Crippen LogP contribution in [-0.2, 0) is 11.2 Å². The van der Waals surface area contributed by atoms with E-state index in [-0.39, 0.29) is 24.0 Å². The summed E-state index contributed by atoms with van der Waals surface area (Å²) in [7, 11) is 0. The van der Waals surface area contributed by atoms with E-state index in [0.717, 1.165) is 5.56 Å². The molecule has 0 aliphatic heterocycles. The summed E-state index contributed by atoms with van der Waals surface area (Å²) < 4.78 is 33.8. The van der Waals surface area contributed by atoms with E-state index in [2.05, 4.69) is 31.3 Å². The maximum absolute atomic E-state index is 12.0. The maximum Gasteiger partial charge on any atom is 0.387 e. The molecule has 0 atom stereocenters. The van der Waals surface area contributed by atoms with Crippen LogP contribution in [0.2, 0.25) is 0 Å². The fourth-order valence-corrected chi connectivity index (χ4v) is 2.24. The van der Waals surface area contributed by atoms with Gasteiger partial charge in [0.1, 0.15) is 5.75 Å². The fraction of sp³-hybridized carbons (Fsp3) is 0.250. The second-order valence-corrected chi connectivity index (χ2v) is 5.69. The Labute approximate surface area is 150 Å². The van der Waals surface area contributed by atoms with Crippen LogP contribution in [0.1, 0.15) is 16.1 Å². The number of nitrogens with one attached hydrogen (secondary N) is 2. The van der Waals surface area contributed by atoms with Gasteiger partial charge in [0.15, 0.2) is 10.4 Å². The molecular formula is C16H15BrF2N2O4. The van der Waals surface area contributed by atoms with E-state index in [1.54, 1.807) is 18.2 Å². The highest BCUT2D eigenvalue weighted by atomic mass is 79.9. The van der Waals surface area contributed by atoms with Crippen LogP contribution in [-0.4, -0.2) is 31.5 Å². The monoisotopic (exact) mass is 416 g/mol. The second-order valence-electron chi connectivity index (χ2n) is 4.91. The highest BCUT2D eigenvalue weighted by Crippen LogP contribution is 2.15. The summed E-state index contributed by atoms with van der Waals surface area (Å²) in [6.45, 7) is -2.70. The van der Waals surface area contributed by atoms with Crippen molar-refractivity contribution in [2.24, 2.45) is 0 Å². The summed E-state index contributed by atoms with van der Waals surface area (Å²) in [6.07, 6.45) is 0.514. The summed E-state index contributed by atoms with van der Waals surface area (Å²) in [4.78, 5) is 23.4. The minimum atomic E-state index is -2.86. The lowest BCUT2D eigenvalue weighted by atomic mass is 10.1. The highest BCUT2D eigenvalue weighted by Gasteiger charge is 2.11. The Kier molecular flexibility index (Phi) is 6.93. The molecule has 1 aromatic carbocycles. The van der Waals surface area contributed by atoms with Crippen LogP contribution in [0.3, 0.4) is 0 Å². The van der Waals surface area contributed by atoms with E-state index in [1.165, 1.54) is 18.2 Å². The molecule has 0 aliphatic rings. The first kappa shape index (κ1) is 18.9. The highest BCUT2D eigenvalue weighted by molar-refractivity contribution is 9.10. The van der Waals surface area contributed by atoms with Crippen LogP contribution in [0.25, 0.3) is 0 Å². The molecule has 1 aromatic heterocycles. The van der Waals surface area contributed by atoms with Crippen LogP contribution in [0, 0.1) is 0 Å². The average Bonchev–Trinajstić information content (AvgIpc) is 3.00. The van der Waals surface area contributed by atoms with E-state index in [4.69, 9.17) is 4.42 Å². The molecule has 2 aromatic rings. The van der Waals surface area contributed by atoms with Crippen LogP contribution in [0.4, 0.5) is 8.78 Å². The molecule has 1 heterocycles. The van der Waals surface area contributed by atoms with E-state index in [9.17, 15) is 18.4 Å². The smallest absolute Gasteiger partial charge is 0.387 e. The van der Waals surface area contributed by atoms with Crippen molar-refractivity contribution in [1.82, 2.24) is 10.6 Å². The van der Waals surface area contributed by atoms with Gasteiger partial charge in [-0.25, -0.2) is 0 Å². The van der Waals surface area contributed by atoms with Crippen molar-refractivity contribution in [3.63, 3.8) is 0 Å². The van der Waals surface area contributed by atoms with Gasteiger partial charge in [0, 0.05) is 6.54 Å². The summed E-state index contributed by atoms with van der Waals surface area (Å²) in [6, 6.07) is 9.21. The van der Waals surface area contributed by atoms with E-state index >= 15 is 0 Å². The Morgan fingerprint density at radius 1 is 1.12 bits per heavy atom. The average molecular weight is 417 g/mol. The number of rotatable bonds is 8. The molecular weight excluding hydrogens is 402 g/mol. The Bertz CT molecular complexity index is 719.